The molecular weight excluding hydrogens is 232 g/mol. The molecular formula is C5H6N2O5S2. The van der Waals surface area contributed by atoms with E-state index in [1.165, 1.54) is 0 Å². The molecule has 78 valence electrons. The molecule has 0 amide bonds. The first-order chi connectivity index (χ1) is 6.37. The predicted molar refractivity (Wildman–Crippen MR) is 48.3 cm³/mol. The van der Waals surface area contributed by atoms with Crippen molar-refractivity contribution >= 4 is 20.2 Å². The number of aromatic hydroxyl groups is 2. The van der Waals surface area contributed by atoms with Crippen molar-refractivity contribution in [2.45, 2.75) is 6.61 Å². The van der Waals surface area contributed by atoms with E-state index in [2.05, 4.69) is 25.3 Å². The van der Waals surface area contributed by atoms with Crippen molar-refractivity contribution in [3.8, 4) is 11.9 Å². The summed E-state index contributed by atoms with van der Waals surface area (Å²) in [4.78, 5) is 6.58. The molecule has 0 aliphatic rings. The van der Waals surface area contributed by atoms with E-state index in [9.17, 15) is 4.21 Å². The van der Waals surface area contributed by atoms with Crippen molar-refractivity contribution in [3.05, 3.63) is 11.8 Å². The van der Waals surface area contributed by atoms with Gasteiger partial charge in [-0.3, -0.25) is 8.74 Å². The molecule has 9 heteroatoms. The second-order valence-electron chi connectivity index (χ2n) is 2.21. The second-order valence-corrected chi connectivity index (χ2v) is 4.56. The van der Waals surface area contributed by atoms with Gasteiger partial charge in [0.05, 0.1) is 5.69 Å². The van der Waals surface area contributed by atoms with E-state index in [-0.39, 0.29) is 5.69 Å². The highest BCUT2D eigenvalue weighted by atomic mass is 32.9. The van der Waals surface area contributed by atoms with Gasteiger partial charge in [-0.2, -0.15) is 14.2 Å². The molecule has 1 unspecified atom stereocenters. The second kappa shape index (κ2) is 4.00. The van der Waals surface area contributed by atoms with Crippen LogP contribution in [0.3, 0.4) is 0 Å². The molecule has 7 nitrogen and oxygen atoms in total. The van der Waals surface area contributed by atoms with Crippen LogP contribution >= 0.6 is 0 Å². The molecule has 1 aromatic rings. The van der Waals surface area contributed by atoms with Crippen LogP contribution in [0.5, 0.6) is 11.9 Å². The van der Waals surface area contributed by atoms with Gasteiger partial charge in [-0.05, 0) is 0 Å². The van der Waals surface area contributed by atoms with Crippen molar-refractivity contribution < 1.29 is 23.2 Å². The van der Waals surface area contributed by atoms with Gasteiger partial charge >= 0.3 is 6.01 Å². The number of hydrogen-bond donors (Lipinski definition) is 3. The molecule has 0 spiro atoms. The van der Waals surface area contributed by atoms with Crippen LogP contribution in [0.25, 0.3) is 0 Å². The SMILES string of the molecule is O=S(O)(=S)OCc1cc(O)nc(O)n1. The molecule has 0 aliphatic carbocycles. The Bertz CT molecular complexity index is 411. The largest absolute Gasteiger partial charge is 0.493 e. The van der Waals surface area contributed by atoms with Crippen LogP contribution in [0.4, 0.5) is 0 Å². The topological polar surface area (TPSA) is 113 Å². The van der Waals surface area contributed by atoms with Crippen molar-refractivity contribution in [3.63, 3.8) is 0 Å². The van der Waals surface area contributed by atoms with E-state index >= 15 is 0 Å². The molecule has 14 heavy (non-hydrogen) atoms. The van der Waals surface area contributed by atoms with Crippen LogP contribution in [0.15, 0.2) is 6.07 Å². The summed E-state index contributed by atoms with van der Waals surface area (Å²) in [5.74, 6) is -0.468. The fourth-order valence-corrected chi connectivity index (χ4v) is 1.09. The Kier molecular flexibility index (Phi) is 3.16. The number of nitrogens with zero attached hydrogens (tertiary/aromatic N) is 2. The van der Waals surface area contributed by atoms with Gasteiger partial charge in [0.2, 0.25) is 5.88 Å². The van der Waals surface area contributed by atoms with Crippen LogP contribution < -0.4 is 0 Å². The van der Waals surface area contributed by atoms with Crippen LogP contribution in [0.1, 0.15) is 5.69 Å². The summed E-state index contributed by atoms with van der Waals surface area (Å²) in [6.07, 6.45) is 0. The van der Waals surface area contributed by atoms with Gasteiger partial charge in [0, 0.05) is 17.3 Å². The summed E-state index contributed by atoms with van der Waals surface area (Å²) >= 11 is 4.04. The van der Waals surface area contributed by atoms with Crippen LogP contribution in [0, 0.1) is 0 Å². The first kappa shape index (κ1) is 11.0. The number of aromatic nitrogens is 2. The van der Waals surface area contributed by atoms with Gasteiger partial charge in [0.1, 0.15) is 6.61 Å². The molecule has 0 saturated heterocycles. The van der Waals surface area contributed by atoms with E-state index < -0.39 is 27.6 Å². The van der Waals surface area contributed by atoms with Crippen LogP contribution in [-0.2, 0) is 31.0 Å². The molecule has 1 aromatic heterocycles. The first-order valence-electron chi connectivity index (χ1n) is 3.24. The first-order valence-corrected chi connectivity index (χ1v) is 5.61. The summed E-state index contributed by atoms with van der Waals surface area (Å²) in [5, 5.41) is 17.7. The highest BCUT2D eigenvalue weighted by Crippen LogP contribution is 2.12. The number of hydrogen-bond acceptors (Lipinski definition) is 7. The molecule has 0 aliphatic heterocycles. The fraction of sp³-hybridized carbons (Fsp3) is 0.200. The lowest BCUT2D eigenvalue weighted by molar-refractivity contribution is 0.286. The summed E-state index contributed by atoms with van der Waals surface area (Å²) < 4.78 is 23.4. The highest BCUT2D eigenvalue weighted by Gasteiger charge is 2.06. The molecule has 0 radical (unpaired) electrons. The van der Waals surface area contributed by atoms with E-state index in [1.54, 1.807) is 0 Å². The third-order valence-electron chi connectivity index (χ3n) is 1.11. The van der Waals surface area contributed by atoms with Crippen molar-refractivity contribution in [2.24, 2.45) is 0 Å². The number of rotatable bonds is 3. The van der Waals surface area contributed by atoms with Gasteiger partial charge in [-0.15, -0.1) is 0 Å². The zero-order valence-electron chi connectivity index (χ0n) is 6.65. The van der Waals surface area contributed by atoms with Crippen molar-refractivity contribution in [1.29, 1.82) is 0 Å². The lowest BCUT2D eigenvalue weighted by Crippen LogP contribution is -2.03. The Hall–Kier alpha value is -1.03. The highest BCUT2D eigenvalue weighted by molar-refractivity contribution is 8.27. The summed E-state index contributed by atoms with van der Waals surface area (Å²) in [6, 6.07) is 0.414. The molecule has 0 saturated carbocycles. The minimum atomic E-state index is -3.74. The van der Waals surface area contributed by atoms with Gasteiger partial charge in [-0.25, -0.2) is 0 Å². The molecule has 1 heterocycles. The van der Waals surface area contributed by atoms with Gasteiger partial charge in [-0.1, -0.05) is 0 Å². The molecule has 0 bridgehead atoms. The standard InChI is InChI=1S/C5H6N2O5S2/c8-4-1-3(6-5(9)7-4)2-12-14(10,11)13/h1H,2H2,(H,10,11,13)(H2,6,7,8,9). The normalized spacial score (nSPS) is 14.9. The molecule has 0 fully saturated rings. The smallest absolute Gasteiger partial charge is 0.317 e. The maximum atomic E-state index is 10.5. The molecule has 3 N–H and O–H groups in total. The summed E-state index contributed by atoms with van der Waals surface area (Å²) in [5.41, 5.74) is 0.0432. The Morgan fingerprint density at radius 2 is 2.14 bits per heavy atom. The van der Waals surface area contributed by atoms with E-state index in [4.69, 9.17) is 14.8 Å². The Balaban J connectivity index is 2.78. The van der Waals surface area contributed by atoms with E-state index in [0.717, 1.165) is 6.07 Å². The maximum Gasteiger partial charge on any atom is 0.317 e. The minimum Gasteiger partial charge on any atom is -0.493 e. The van der Waals surface area contributed by atoms with Crippen LogP contribution in [0.2, 0.25) is 0 Å². The van der Waals surface area contributed by atoms with Gasteiger partial charge < -0.3 is 10.2 Å². The van der Waals surface area contributed by atoms with Crippen molar-refractivity contribution in [2.75, 3.05) is 0 Å². The Morgan fingerprint density at radius 1 is 1.50 bits per heavy atom. The van der Waals surface area contributed by atoms with Crippen molar-refractivity contribution in [1.82, 2.24) is 9.97 Å². The predicted octanol–water partition coefficient (Wildman–Crippen LogP) is -0.461. The maximum absolute atomic E-state index is 10.5. The Labute approximate surface area is 84.1 Å². The monoisotopic (exact) mass is 238 g/mol. The summed E-state index contributed by atoms with van der Waals surface area (Å²) in [6.45, 7) is -0.400. The lowest BCUT2D eigenvalue weighted by atomic mass is 10.4. The van der Waals surface area contributed by atoms with E-state index in [1.807, 2.05) is 0 Å². The Morgan fingerprint density at radius 3 is 2.64 bits per heavy atom. The minimum absolute atomic E-state index is 0.0432. The average Bonchev–Trinajstić information content (AvgIpc) is 1.97. The van der Waals surface area contributed by atoms with Crippen LogP contribution in [-0.4, -0.2) is 28.9 Å². The zero-order chi connectivity index (χ0) is 10.8. The molecule has 1 atom stereocenters. The summed E-state index contributed by atoms with van der Waals surface area (Å²) in [7, 11) is -3.74. The van der Waals surface area contributed by atoms with Gasteiger partial charge in [0.15, 0.2) is 0 Å². The molecule has 0 aromatic carbocycles. The van der Waals surface area contributed by atoms with E-state index in [0.29, 0.717) is 0 Å². The zero-order valence-corrected chi connectivity index (χ0v) is 8.29. The fourth-order valence-electron chi connectivity index (χ4n) is 0.678. The van der Waals surface area contributed by atoms with Gasteiger partial charge in [0.25, 0.3) is 9.05 Å². The third-order valence-corrected chi connectivity index (χ3v) is 1.81. The average molecular weight is 238 g/mol. The third kappa shape index (κ3) is 3.79. The quantitative estimate of drug-likeness (QED) is 0.648. The molecule has 1 rings (SSSR count). The lowest BCUT2D eigenvalue weighted by Gasteiger charge is -2.01.